The number of carbonyl (C=O) groups is 1. The van der Waals surface area contributed by atoms with Crippen molar-refractivity contribution in [2.45, 2.75) is 6.54 Å². The first-order valence-electron chi connectivity index (χ1n) is 4.98. The summed E-state index contributed by atoms with van der Waals surface area (Å²) in [4.78, 5) is 19.4. The maximum atomic E-state index is 11.3. The number of aryl methyl sites for hydroxylation is 1. The van der Waals surface area contributed by atoms with Crippen LogP contribution in [0.25, 0.3) is 0 Å². The molecule has 0 fully saturated rings. The average Bonchev–Trinajstić information content (AvgIpc) is 2.87. The predicted octanol–water partition coefficient (Wildman–Crippen LogP) is 0.0337. The zero-order valence-corrected chi connectivity index (χ0v) is 9.62. The molecule has 2 aromatic rings. The average molecular weight is 235 g/mol. The maximum absolute atomic E-state index is 11.3. The SMILES string of the molecule is COC(=O)c1ncn(Cc2nccn2C)c1N. The molecule has 90 valence electrons. The van der Waals surface area contributed by atoms with Crippen LogP contribution in [0.3, 0.4) is 0 Å². The molecule has 2 heterocycles. The van der Waals surface area contributed by atoms with Gasteiger partial charge in [0.15, 0.2) is 5.69 Å². The number of nitrogens with two attached hydrogens (primary N) is 1. The largest absolute Gasteiger partial charge is 0.464 e. The third kappa shape index (κ3) is 1.99. The van der Waals surface area contributed by atoms with Crippen molar-refractivity contribution in [3.8, 4) is 0 Å². The second-order valence-corrected chi connectivity index (χ2v) is 3.55. The maximum Gasteiger partial charge on any atom is 0.360 e. The molecule has 17 heavy (non-hydrogen) atoms. The van der Waals surface area contributed by atoms with Gasteiger partial charge in [0.25, 0.3) is 0 Å². The number of carbonyl (C=O) groups excluding carboxylic acids is 1. The van der Waals surface area contributed by atoms with Crippen LogP contribution in [0, 0.1) is 0 Å². The van der Waals surface area contributed by atoms with Crippen molar-refractivity contribution < 1.29 is 9.53 Å². The fourth-order valence-corrected chi connectivity index (χ4v) is 1.47. The van der Waals surface area contributed by atoms with E-state index in [0.717, 1.165) is 5.82 Å². The molecular formula is C10H13N5O2. The lowest BCUT2D eigenvalue weighted by atomic mass is 10.4. The monoisotopic (exact) mass is 235 g/mol. The highest BCUT2D eigenvalue weighted by Gasteiger charge is 2.16. The molecule has 0 unspecified atom stereocenters. The summed E-state index contributed by atoms with van der Waals surface area (Å²) in [7, 11) is 3.18. The van der Waals surface area contributed by atoms with Crippen molar-refractivity contribution in [2.75, 3.05) is 12.8 Å². The van der Waals surface area contributed by atoms with Gasteiger partial charge in [-0.3, -0.25) is 0 Å². The Labute approximate surface area is 97.8 Å². The Morgan fingerprint density at radius 3 is 2.88 bits per heavy atom. The third-order valence-electron chi connectivity index (χ3n) is 2.49. The number of ether oxygens (including phenoxy) is 1. The summed E-state index contributed by atoms with van der Waals surface area (Å²) in [6.07, 6.45) is 5.03. The van der Waals surface area contributed by atoms with E-state index in [1.165, 1.54) is 13.4 Å². The van der Waals surface area contributed by atoms with Gasteiger partial charge in [0, 0.05) is 19.4 Å². The molecule has 0 aliphatic rings. The third-order valence-corrected chi connectivity index (χ3v) is 2.49. The lowest BCUT2D eigenvalue weighted by molar-refractivity contribution is 0.0596. The number of aromatic nitrogens is 4. The Hall–Kier alpha value is -2.31. The highest BCUT2D eigenvalue weighted by atomic mass is 16.5. The molecular weight excluding hydrogens is 222 g/mol. The van der Waals surface area contributed by atoms with Gasteiger partial charge in [-0.2, -0.15) is 0 Å². The molecule has 7 nitrogen and oxygen atoms in total. The van der Waals surface area contributed by atoms with E-state index in [4.69, 9.17) is 5.73 Å². The Morgan fingerprint density at radius 1 is 1.53 bits per heavy atom. The lowest BCUT2D eigenvalue weighted by Gasteiger charge is -2.05. The van der Waals surface area contributed by atoms with Crippen molar-refractivity contribution in [1.82, 2.24) is 19.1 Å². The van der Waals surface area contributed by atoms with E-state index >= 15 is 0 Å². The van der Waals surface area contributed by atoms with E-state index in [1.807, 2.05) is 17.8 Å². The summed E-state index contributed by atoms with van der Waals surface area (Å²) >= 11 is 0. The molecule has 0 saturated carbocycles. The summed E-state index contributed by atoms with van der Waals surface area (Å²) in [6.45, 7) is 0.458. The molecule has 7 heteroatoms. The van der Waals surface area contributed by atoms with E-state index in [2.05, 4.69) is 14.7 Å². The number of esters is 1. The molecule has 0 amide bonds. The van der Waals surface area contributed by atoms with Crippen molar-refractivity contribution in [1.29, 1.82) is 0 Å². The second-order valence-electron chi connectivity index (χ2n) is 3.55. The number of hydrogen-bond donors (Lipinski definition) is 1. The predicted molar refractivity (Wildman–Crippen MR) is 60.3 cm³/mol. The number of rotatable bonds is 3. The quantitative estimate of drug-likeness (QED) is 0.758. The first kappa shape index (κ1) is 11.2. The minimum Gasteiger partial charge on any atom is -0.464 e. The van der Waals surface area contributed by atoms with Crippen molar-refractivity contribution in [2.24, 2.45) is 7.05 Å². The van der Waals surface area contributed by atoms with Gasteiger partial charge in [-0.1, -0.05) is 0 Å². The Bertz CT molecular complexity index is 543. The smallest absolute Gasteiger partial charge is 0.360 e. The molecule has 2 N–H and O–H groups in total. The molecule has 0 saturated heterocycles. The topological polar surface area (TPSA) is 88.0 Å². The molecule has 0 aromatic carbocycles. The fourth-order valence-electron chi connectivity index (χ4n) is 1.47. The second kappa shape index (κ2) is 4.28. The molecule has 0 aliphatic heterocycles. The number of methoxy groups -OCH3 is 1. The zero-order chi connectivity index (χ0) is 12.4. The van der Waals surface area contributed by atoms with E-state index in [1.54, 1.807) is 10.8 Å². The normalized spacial score (nSPS) is 10.5. The highest BCUT2D eigenvalue weighted by Crippen LogP contribution is 2.12. The molecule has 0 atom stereocenters. The van der Waals surface area contributed by atoms with Crippen molar-refractivity contribution in [3.63, 3.8) is 0 Å². The Morgan fingerprint density at radius 2 is 2.29 bits per heavy atom. The molecule has 0 spiro atoms. The number of anilines is 1. The van der Waals surface area contributed by atoms with Gasteiger partial charge in [-0.25, -0.2) is 14.8 Å². The molecule has 0 aliphatic carbocycles. The summed E-state index contributed by atoms with van der Waals surface area (Å²) in [5, 5.41) is 0. The van der Waals surface area contributed by atoms with Crippen LogP contribution in [0.4, 0.5) is 5.82 Å². The van der Waals surface area contributed by atoms with Crippen molar-refractivity contribution >= 4 is 11.8 Å². The summed E-state index contributed by atoms with van der Waals surface area (Å²) < 4.78 is 8.09. The van der Waals surface area contributed by atoms with Gasteiger partial charge in [0.2, 0.25) is 0 Å². The van der Waals surface area contributed by atoms with Crippen LogP contribution in [0.2, 0.25) is 0 Å². The number of nitrogens with zero attached hydrogens (tertiary/aromatic N) is 4. The van der Waals surface area contributed by atoms with E-state index in [-0.39, 0.29) is 11.5 Å². The van der Waals surface area contributed by atoms with E-state index < -0.39 is 5.97 Å². The number of hydrogen-bond acceptors (Lipinski definition) is 5. The first-order chi connectivity index (χ1) is 8.13. The van der Waals surface area contributed by atoms with Gasteiger partial charge >= 0.3 is 5.97 Å². The number of nitrogen functional groups attached to an aromatic ring is 1. The van der Waals surface area contributed by atoms with E-state index in [9.17, 15) is 4.79 Å². The van der Waals surface area contributed by atoms with Crippen LogP contribution < -0.4 is 5.73 Å². The minimum atomic E-state index is -0.541. The Kier molecular flexibility index (Phi) is 2.82. The summed E-state index contributed by atoms with van der Waals surface area (Å²) in [5.41, 5.74) is 5.94. The minimum absolute atomic E-state index is 0.127. The molecule has 0 radical (unpaired) electrons. The van der Waals surface area contributed by atoms with Crippen LogP contribution in [0.5, 0.6) is 0 Å². The number of imidazole rings is 2. The molecule has 2 aromatic heterocycles. The molecule has 0 bridgehead atoms. The van der Waals surface area contributed by atoms with Crippen molar-refractivity contribution in [3.05, 3.63) is 30.2 Å². The van der Waals surface area contributed by atoms with Gasteiger partial charge in [-0.15, -0.1) is 0 Å². The Balaban J connectivity index is 2.26. The zero-order valence-electron chi connectivity index (χ0n) is 9.62. The van der Waals surface area contributed by atoms with Crippen LogP contribution in [0.15, 0.2) is 18.7 Å². The van der Waals surface area contributed by atoms with Gasteiger partial charge < -0.3 is 19.6 Å². The fraction of sp³-hybridized carbons (Fsp3) is 0.300. The summed E-state index contributed by atoms with van der Waals surface area (Å²) in [6, 6.07) is 0. The van der Waals surface area contributed by atoms with Gasteiger partial charge in [0.05, 0.1) is 20.0 Å². The van der Waals surface area contributed by atoms with Gasteiger partial charge in [0.1, 0.15) is 11.6 Å². The van der Waals surface area contributed by atoms with E-state index in [0.29, 0.717) is 6.54 Å². The van der Waals surface area contributed by atoms with Crippen LogP contribution in [-0.2, 0) is 18.3 Å². The van der Waals surface area contributed by atoms with Crippen LogP contribution in [-0.4, -0.2) is 32.2 Å². The summed E-state index contributed by atoms with van der Waals surface area (Å²) in [5.74, 6) is 0.562. The van der Waals surface area contributed by atoms with Crippen LogP contribution in [0.1, 0.15) is 16.3 Å². The standard InChI is InChI=1S/C10H13N5O2/c1-14-4-3-12-7(14)5-15-6-13-8(9(15)11)10(16)17-2/h3-4,6H,5,11H2,1-2H3. The van der Waals surface area contributed by atoms with Crippen LogP contribution >= 0.6 is 0 Å². The molecule has 2 rings (SSSR count). The van der Waals surface area contributed by atoms with Gasteiger partial charge in [-0.05, 0) is 0 Å². The first-order valence-corrected chi connectivity index (χ1v) is 4.98. The highest BCUT2D eigenvalue weighted by molar-refractivity contribution is 5.92. The lowest BCUT2D eigenvalue weighted by Crippen LogP contribution is -2.10.